The standard InChI is InChI=1S/C8H13NO6P2S.3Na/c1-18-5-9-6-2-7(16(10,11)12)4-8(3-6)17(13,14)15;;;/h2-4,9H,5H2,1H3,(H2,10,11,12)(H2,13,14,15);;;/q;;2*+1/p-2. The first kappa shape index (κ1) is 28.5. The fraction of sp³-hybridized carbons (Fsp3) is 0.250. The van der Waals surface area contributed by atoms with E-state index in [1.807, 2.05) is 0 Å². The summed E-state index contributed by atoms with van der Waals surface area (Å²) in [6, 6.07) is 2.87. The molecule has 0 aromatic heterocycles. The number of hydrogen-bond donors (Lipinski definition) is 3. The van der Waals surface area contributed by atoms with Crippen LogP contribution in [-0.4, -0.2) is 51.5 Å². The number of benzene rings is 1. The van der Waals surface area contributed by atoms with Gasteiger partial charge in [-0.25, -0.2) is 0 Å². The molecule has 0 heterocycles. The molecule has 103 valence electrons. The van der Waals surface area contributed by atoms with Gasteiger partial charge in [-0.05, 0) is 24.5 Å². The minimum atomic E-state index is -4.84. The van der Waals surface area contributed by atoms with Crippen molar-refractivity contribution in [3.05, 3.63) is 18.2 Å². The van der Waals surface area contributed by atoms with Gasteiger partial charge in [0.25, 0.3) is 0 Å². The SMILES string of the molecule is CSCNc1cc(P(=O)([O-])O)cc(P(=O)([O-])O)c1.[Na+].[Na+].[Na]. The summed E-state index contributed by atoms with van der Waals surface area (Å²) in [7, 11) is -9.68. The third kappa shape index (κ3) is 10.3. The Morgan fingerprint density at radius 1 is 1.10 bits per heavy atom. The van der Waals surface area contributed by atoms with Crippen LogP contribution in [0.2, 0.25) is 0 Å². The zero-order valence-electron chi connectivity index (χ0n) is 12.3. The van der Waals surface area contributed by atoms with Crippen molar-refractivity contribution in [2.24, 2.45) is 0 Å². The summed E-state index contributed by atoms with van der Waals surface area (Å²) < 4.78 is 22.0. The normalized spacial score (nSPS) is 15.3. The van der Waals surface area contributed by atoms with E-state index >= 15 is 0 Å². The maximum Gasteiger partial charge on any atom is 1.00 e. The first-order valence-corrected chi connectivity index (χ1v) is 9.16. The van der Waals surface area contributed by atoms with Gasteiger partial charge in [-0.2, -0.15) is 0 Å². The molecule has 7 nitrogen and oxygen atoms in total. The zero-order valence-corrected chi connectivity index (χ0v) is 20.9. The molecule has 1 aromatic rings. The fourth-order valence-corrected chi connectivity index (χ4v) is 2.80. The summed E-state index contributed by atoms with van der Waals surface area (Å²) >= 11 is 1.39. The predicted octanol–water partition coefficient (Wildman–Crippen LogP) is -7.61. The van der Waals surface area contributed by atoms with Crippen molar-refractivity contribution in [2.75, 3.05) is 17.4 Å². The topological polar surface area (TPSA) is 133 Å². The smallest absolute Gasteiger partial charge is 0.775 e. The Labute approximate surface area is 193 Å². The molecule has 0 saturated carbocycles. The molecule has 2 atom stereocenters. The molecular formula is C8H11NNa3O6P2S. The molecular weight excluding hydrogens is 369 g/mol. The molecule has 3 N–H and O–H groups in total. The van der Waals surface area contributed by atoms with E-state index in [2.05, 4.69) is 5.32 Å². The van der Waals surface area contributed by atoms with Crippen molar-refractivity contribution >= 4 is 72.8 Å². The Bertz CT molecular complexity index is 496. The Morgan fingerprint density at radius 2 is 1.48 bits per heavy atom. The Kier molecular flexibility index (Phi) is 16.4. The van der Waals surface area contributed by atoms with Gasteiger partial charge in [-0.3, -0.25) is 0 Å². The Morgan fingerprint density at radius 3 is 1.76 bits per heavy atom. The van der Waals surface area contributed by atoms with E-state index in [1.54, 1.807) is 6.26 Å². The molecule has 0 spiro atoms. The second kappa shape index (κ2) is 12.1. The molecule has 0 fully saturated rings. The van der Waals surface area contributed by atoms with E-state index in [4.69, 9.17) is 9.79 Å². The van der Waals surface area contributed by atoms with Crippen LogP contribution >= 0.6 is 27.0 Å². The first-order chi connectivity index (χ1) is 8.14. The van der Waals surface area contributed by atoms with Crippen LogP contribution in [0.15, 0.2) is 18.2 Å². The largest absolute Gasteiger partial charge is 1.00 e. The van der Waals surface area contributed by atoms with Gasteiger partial charge in [-0.15, -0.1) is 11.8 Å². The van der Waals surface area contributed by atoms with E-state index in [9.17, 15) is 18.9 Å². The maximum absolute atomic E-state index is 11.0. The van der Waals surface area contributed by atoms with E-state index in [0.717, 1.165) is 12.1 Å². The van der Waals surface area contributed by atoms with Crippen LogP contribution in [0.25, 0.3) is 0 Å². The average molecular weight is 380 g/mol. The fourth-order valence-electron chi connectivity index (χ4n) is 1.18. The summed E-state index contributed by atoms with van der Waals surface area (Å²) in [6.07, 6.45) is 1.78. The zero-order chi connectivity index (χ0) is 14.0. The van der Waals surface area contributed by atoms with Crippen molar-refractivity contribution < 1.29 is 87.8 Å². The summed E-state index contributed by atoms with van der Waals surface area (Å²) in [4.78, 5) is 39.9. The minimum Gasteiger partial charge on any atom is -0.775 e. The molecule has 2 unspecified atom stereocenters. The number of hydrogen-bond acceptors (Lipinski definition) is 6. The summed E-state index contributed by atoms with van der Waals surface area (Å²) in [5, 5.41) is 1.59. The molecule has 21 heavy (non-hydrogen) atoms. The maximum atomic E-state index is 11.0. The molecule has 0 aliphatic carbocycles. The number of rotatable bonds is 5. The number of anilines is 1. The van der Waals surface area contributed by atoms with Crippen LogP contribution in [0.4, 0.5) is 5.69 Å². The van der Waals surface area contributed by atoms with Crippen LogP contribution in [0.3, 0.4) is 0 Å². The van der Waals surface area contributed by atoms with E-state index < -0.39 is 25.8 Å². The van der Waals surface area contributed by atoms with Crippen LogP contribution in [0.5, 0.6) is 0 Å². The monoisotopic (exact) mass is 380 g/mol. The number of nitrogens with one attached hydrogen (secondary N) is 1. The molecule has 0 bridgehead atoms. The van der Waals surface area contributed by atoms with Gasteiger partial charge in [0.2, 0.25) is 0 Å². The van der Waals surface area contributed by atoms with Crippen LogP contribution in [0, 0.1) is 0 Å². The molecule has 1 rings (SSSR count). The first-order valence-electron chi connectivity index (χ1n) is 4.61. The third-order valence-corrected chi connectivity index (χ3v) is 4.23. The van der Waals surface area contributed by atoms with Gasteiger partial charge in [-0.1, -0.05) is 0 Å². The summed E-state index contributed by atoms with van der Waals surface area (Å²) in [5.41, 5.74) is 0.173. The third-order valence-electron chi connectivity index (χ3n) is 1.98. The molecule has 0 amide bonds. The van der Waals surface area contributed by atoms with Crippen molar-refractivity contribution in [2.45, 2.75) is 0 Å². The second-order valence-corrected chi connectivity index (χ2v) is 7.37. The van der Waals surface area contributed by atoms with Gasteiger partial charge in [0, 0.05) is 45.9 Å². The Balaban J connectivity index is -0.00000108. The summed E-state index contributed by atoms with van der Waals surface area (Å²) in [6.45, 7) is 0. The van der Waals surface area contributed by atoms with Gasteiger partial charge in [0.15, 0.2) is 15.2 Å². The van der Waals surface area contributed by atoms with Gasteiger partial charge < -0.3 is 34.0 Å². The van der Waals surface area contributed by atoms with Crippen LogP contribution in [-0.2, 0) is 9.13 Å². The van der Waals surface area contributed by atoms with E-state index in [0.29, 0.717) is 11.9 Å². The van der Waals surface area contributed by atoms with Crippen molar-refractivity contribution in [3.63, 3.8) is 0 Å². The number of thioether (sulfide) groups is 1. The Hall–Kier alpha value is 2.67. The predicted molar refractivity (Wildman–Crippen MR) is 73.1 cm³/mol. The van der Waals surface area contributed by atoms with Crippen molar-refractivity contribution in [1.29, 1.82) is 0 Å². The van der Waals surface area contributed by atoms with E-state index in [-0.39, 0.29) is 94.4 Å². The van der Waals surface area contributed by atoms with Crippen molar-refractivity contribution in [1.82, 2.24) is 0 Å². The molecule has 0 saturated heterocycles. The van der Waals surface area contributed by atoms with Crippen LogP contribution in [0.1, 0.15) is 0 Å². The van der Waals surface area contributed by atoms with Crippen LogP contribution < -0.4 is 84.8 Å². The van der Waals surface area contributed by atoms with Gasteiger partial charge >= 0.3 is 59.1 Å². The van der Waals surface area contributed by atoms with Gasteiger partial charge in [0.05, 0.1) is 5.88 Å². The average Bonchev–Trinajstić information content (AvgIpc) is 2.23. The van der Waals surface area contributed by atoms with E-state index in [1.165, 1.54) is 11.8 Å². The quantitative estimate of drug-likeness (QED) is 0.261. The summed E-state index contributed by atoms with van der Waals surface area (Å²) in [5.74, 6) is 0.409. The molecule has 1 radical (unpaired) electrons. The molecule has 0 aliphatic rings. The molecule has 1 aromatic carbocycles. The second-order valence-electron chi connectivity index (χ2n) is 3.39. The molecule has 13 heteroatoms. The van der Waals surface area contributed by atoms with Gasteiger partial charge in [0.1, 0.15) is 0 Å². The van der Waals surface area contributed by atoms with Crippen molar-refractivity contribution in [3.8, 4) is 0 Å². The molecule has 0 aliphatic heterocycles. The minimum absolute atomic E-state index is 0.